The molecular weight excluding hydrogens is 228 g/mol. The van der Waals surface area contributed by atoms with Gasteiger partial charge in [0.15, 0.2) is 0 Å². The number of aromatic nitrogens is 1. The van der Waals surface area contributed by atoms with E-state index < -0.39 is 0 Å². The van der Waals surface area contributed by atoms with E-state index >= 15 is 0 Å². The molecule has 0 amide bonds. The number of ether oxygens (including phenoxy) is 1. The first-order chi connectivity index (χ1) is 8.76. The van der Waals surface area contributed by atoms with Gasteiger partial charge in [-0.1, -0.05) is 18.0 Å². The normalized spacial score (nSPS) is 26.2. The van der Waals surface area contributed by atoms with Crippen molar-refractivity contribution in [1.82, 2.24) is 10.5 Å². The van der Waals surface area contributed by atoms with Crippen molar-refractivity contribution < 1.29 is 9.26 Å². The average Bonchev–Trinajstić information content (AvgIpc) is 3.05. The van der Waals surface area contributed by atoms with Crippen LogP contribution in [0.3, 0.4) is 0 Å². The van der Waals surface area contributed by atoms with Crippen molar-refractivity contribution in [2.24, 2.45) is 0 Å². The first-order valence-corrected chi connectivity index (χ1v) is 7.07. The van der Waals surface area contributed by atoms with Gasteiger partial charge in [-0.05, 0) is 32.6 Å². The van der Waals surface area contributed by atoms with Crippen molar-refractivity contribution in [2.75, 3.05) is 6.54 Å². The molecule has 1 aliphatic carbocycles. The summed E-state index contributed by atoms with van der Waals surface area (Å²) in [5.41, 5.74) is 1.22. The standard InChI is InChI=1S/C14H22N2O2/c1-11-8-12(16-18-11)9-15-10-13-4-7-14(17-13)5-2-3-6-14/h8,13,15H,2-7,9-10H2,1H3. The van der Waals surface area contributed by atoms with Crippen LogP contribution in [0.5, 0.6) is 0 Å². The third kappa shape index (κ3) is 2.59. The molecule has 18 heavy (non-hydrogen) atoms. The summed E-state index contributed by atoms with van der Waals surface area (Å²) in [6.07, 6.45) is 8.07. The summed E-state index contributed by atoms with van der Waals surface area (Å²) in [7, 11) is 0. The third-order valence-electron chi connectivity index (χ3n) is 4.21. The lowest BCUT2D eigenvalue weighted by Crippen LogP contribution is -2.30. The first-order valence-electron chi connectivity index (χ1n) is 7.07. The average molecular weight is 250 g/mol. The maximum atomic E-state index is 6.25. The van der Waals surface area contributed by atoms with Gasteiger partial charge in [0.2, 0.25) is 0 Å². The van der Waals surface area contributed by atoms with E-state index in [2.05, 4.69) is 10.5 Å². The van der Waals surface area contributed by atoms with Crippen LogP contribution < -0.4 is 5.32 Å². The van der Waals surface area contributed by atoms with Crippen molar-refractivity contribution in [3.05, 3.63) is 17.5 Å². The summed E-state index contributed by atoms with van der Waals surface area (Å²) in [6, 6.07) is 1.97. The monoisotopic (exact) mass is 250 g/mol. The Kier molecular flexibility index (Phi) is 3.39. The molecule has 1 atom stereocenters. The van der Waals surface area contributed by atoms with Crippen LogP contribution in [0.25, 0.3) is 0 Å². The maximum absolute atomic E-state index is 6.25. The van der Waals surface area contributed by atoms with Crippen LogP contribution in [-0.4, -0.2) is 23.4 Å². The Morgan fingerprint density at radius 2 is 2.22 bits per heavy atom. The fraction of sp³-hybridized carbons (Fsp3) is 0.786. The molecule has 1 N–H and O–H groups in total. The quantitative estimate of drug-likeness (QED) is 0.892. The zero-order chi connectivity index (χ0) is 12.4. The second-order valence-corrected chi connectivity index (χ2v) is 5.73. The van der Waals surface area contributed by atoms with Crippen molar-refractivity contribution in [3.63, 3.8) is 0 Å². The molecule has 0 aromatic carbocycles. The van der Waals surface area contributed by atoms with E-state index in [-0.39, 0.29) is 5.60 Å². The van der Waals surface area contributed by atoms with Gasteiger partial charge in [-0.25, -0.2) is 0 Å². The lowest BCUT2D eigenvalue weighted by molar-refractivity contribution is -0.0352. The second kappa shape index (κ2) is 5.02. The molecule has 2 fully saturated rings. The molecule has 3 rings (SSSR count). The fourth-order valence-corrected chi connectivity index (χ4v) is 3.29. The molecule has 4 heteroatoms. The van der Waals surface area contributed by atoms with Crippen LogP contribution >= 0.6 is 0 Å². The van der Waals surface area contributed by atoms with E-state index in [9.17, 15) is 0 Å². The highest BCUT2D eigenvalue weighted by atomic mass is 16.5. The number of hydrogen-bond donors (Lipinski definition) is 1. The topological polar surface area (TPSA) is 47.3 Å². The van der Waals surface area contributed by atoms with Crippen LogP contribution in [0.4, 0.5) is 0 Å². The van der Waals surface area contributed by atoms with E-state index in [1.54, 1.807) is 0 Å². The van der Waals surface area contributed by atoms with Crippen LogP contribution in [0.15, 0.2) is 10.6 Å². The Morgan fingerprint density at radius 3 is 2.94 bits per heavy atom. The lowest BCUT2D eigenvalue weighted by Gasteiger charge is -2.23. The van der Waals surface area contributed by atoms with Gasteiger partial charge in [0.25, 0.3) is 0 Å². The summed E-state index contributed by atoms with van der Waals surface area (Å²) >= 11 is 0. The lowest BCUT2D eigenvalue weighted by atomic mass is 9.98. The maximum Gasteiger partial charge on any atom is 0.133 e. The predicted octanol–water partition coefficient (Wildman–Crippen LogP) is 2.56. The molecule has 1 aromatic heterocycles. The zero-order valence-corrected chi connectivity index (χ0v) is 11.1. The van der Waals surface area contributed by atoms with Gasteiger partial charge in [0.05, 0.1) is 17.4 Å². The van der Waals surface area contributed by atoms with Crippen molar-refractivity contribution in [3.8, 4) is 0 Å². The molecule has 1 aromatic rings. The number of nitrogens with one attached hydrogen (secondary N) is 1. The summed E-state index contributed by atoms with van der Waals surface area (Å²) in [4.78, 5) is 0. The van der Waals surface area contributed by atoms with Gasteiger partial charge in [0, 0.05) is 19.2 Å². The van der Waals surface area contributed by atoms with E-state index in [1.165, 1.54) is 38.5 Å². The molecule has 1 saturated heterocycles. The summed E-state index contributed by atoms with van der Waals surface area (Å²) < 4.78 is 11.3. The minimum absolute atomic E-state index is 0.247. The largest absolute Gasteiger partial charge is 0.370 e. The highest BCUT2D eigenvalue weighted by Gasteiger charge is 2.41. The number of aryl methyl sites for hydroxylation is 1. The van der Waals surface area contributed by atoms with Crippen LogP contribution in [-0.2, 0) is 11.3 Å². The SMILES string of the molecule is Cc1cc(CNCC2CCC3(CCCC3)O2)no1. The smallest absolute Gasteiger partial charge is 0.133 e. The van der Waals surface area contributed by atoms with Gasteiger partial charge in [-0.15, -0.1) is 0 Å². The molecule has 1 spiro atoms. The van der Waals surface area contributed by atoms with Crippen LogP contribution in [0.2, 0.25) is 0 Å². The van der Waals surface area contributed by atoms with Gasteiger partial charge >= 0.3 is 0 Å². The van der Waals surface area contributed by atoms with Crippen molar-refractivity contribution in [1.29, 1.82) is 0 Å². The van der Waals surface area contributed by atoms with Gasteiger partial charge in [-0.2, -0.15) is 0 Å². The molecule has 1 saturated carbocycles. The molecule has 0 bridgehead atoms. The molecule has 4 nitrogen and oxygen atoms in total. The molecule has 0 radical (unpaired) electrons. The molecule has 100 valence electrons. The Hall–Kier alpha value is -0.870. The van der Waals surface area contributed by atoms with Gasteiger partial charge < -0.3 is 14.6 Å². The molecular formula is C14H22N2O2. The fourth-order valence-electron chi connectivity index (χ4n) is 3.29. The highest BCUT2D eigenvalue weighted by Crippen LogP contribution is 2.43. The predicted molar refractivity (Wildman–Crippen MR) is 68.3 cm³/mol. The van der Waals surface area contributed by atoms with Gasteiger partial charge in [0.1, 0.15) is 5.76 Å². The molecule has 1 unspecified atom stereocenters. The first kappa shape index (κ1) is 12.2. The van der Waals surface area contributed by atoms with E-state index in [4.69, 9.17) is 9.26 Å². The number of hydrogen-bond acceptors (Lipinski definition) is 4. The van der Waals surface area contributed by atoms with E-state index in [0.717, 1.165) is 24.5 Å². The molecule has 1 aliphatic heterocycles. The Morgan fingerprint density at radius 1 is 1.39 bits per heavy atom. The third-order valence-corrected chi connectivity index (χ3v) is 4.21. The van der Waals surface area contributed by atoms with Crippen LogP contribution in [0, 0.1) is 6.92 Å². The number of nitrogens with zero attached hydrogens (tertiary/aromatic N) is 1. The van der Waals surface area contributed by atoms with Crippen molar-refractivity contribution in [2.45, 2.75) is 63.7 Å². The second-order valence-electron chi connectivity index (χ2n) is 5.73. The Balaban J connectivity index is 1.42. The Bertz CT molecular complexity index is 396. The minimum atomic E-state index is 0.247. The summed E-state index contributed by atoms with van der Waals surface area (Å²) in [6.45, 7) is 3.61. The number of rotatable bonds is 4. The minimum Gasteiger partial charge on any atom is -0.370 e. The Labute approximate surface area is 108 Å². The zero-order valence-electron chi connectivity index (χ0n) is 11.1. The van der Waals surface area contributed by atoms with E-state index in [1.807, 2.05) is 13.0 Å². The molecule has 2 heterocycles. The van der Waals surface area contributed by atoms with Crippen LogP contribution in [0.1, 0.15) is 50.0 Å². The van der Waals surface area contributed by atoms with Crippen molar-refractivity contribution >= 4 is 0 Å². The summed E-state index contributed by atoms with van der Waals surface area (Å²) in [5.74, 6) is 0.869. The molecule has 2 aliphatic rings. The summed E-state index contributed by atoms with van der Waals surface area (Å²) in [5, 5.41) is 7.39. The van der Waals surface area contributed by atoms with Gasteiger partial charge in [-0.3, -0.25) is 0 Å². The van der Waals surface area contributed by atoms with E-state index in [0.29, 0.717) is 6.10 Å². The highest BCUT2D eigenvalue weighted by molar-refractivity contribution is 5.03.